The van der Waals surface area contributed by atoms with Crippen molar-refractivity contribution in [3.8, 4) is 0 Å². The molecule has 0 heterocycles. The highest BCUT2D eigenvalue weighted by molar-refractivity contribution is 6.53. The summed E-state index contributed by atoms with van der Waals surface area (Å²) in [5, 5.41) is -1.03. The normalized spacial score (nSPS) is 10.7. The highest BCUT2D eigenvalue weighted by Crippen LogP contribution is 2.43. The van der Waals surface area contributed by atoms with E-state index in [4.69, 9.17) is 63.6 Å². The maximum Gasteiger partial charge on any atom is 0.265 e. The Morgan fingerprint density at radius 1 is 0.633 bits per heavy atom. The van der Waals surface area contributed by atoms with Gasteiger partial charge in [-0.3, -0.25) is 14.5 Å². The molecule has 0 unspecified atom stereocenters. The molecule has 0 fully saturated rings. The van der Waals surface area contributed by atoms with E-state index in [9.17, 15) is 9.59 Å². The van der Waals surface area contributed by atoms with Gasteiger partial charge in [0.15, 0.2) is 0 Å². The van der Waals surface area contributed by atoms with Crippen molar-refractivity contribution in [2.24, 2.45) is 5.73 Å². The van der Waals surface area contributed by atoms with Crippen LogP contribution in [0.3, 0.4) is 0 Å². The Labute approximate surface area is 192 Å². The Kier molecular flexibility index (Phi) is 6.33. The molecule has 154 valence electrons. The highest BCUT2D eigenvalue weighted by Gasteiger charge is 2.30. The van der Waals surface area contributed by atoms with Crippen LogP contribution in [0, 0.1) is 0 Å². The van der Waals surface area contributed by atoms with E-state index in [0.29, 0.717) is 22.7 Å². The number of amides is 2. The van der Waals surface area contributed by atoms with Gasteiger partial charge in [-0.25, -0.2) is 0 Å². The monoisotopic (exact) mass is 482 g/mol. The van der Waals surface area contributed by atoms with E-state index in [0.717, 1.165) is 0 Å². The van der Waals surface area contributed by atoms with Crippen molar-refractivity contribution in [1.82, 2.24) is 0 Å². The standard InChI is InChI=1S/C20H14Cl4N4O2/c21-15-13(19(27)29)16(22)18(24)14(17(15)23)20(30)28(11-5-1-9(25)2-6-11)12-7-3-10(26)4-8-12/h1-8H,25-26H2,(H2,27,29). The third-order valence-electron chi connectivity index (χ3n) is 4.23. The molecule has 0 aliphatic rings. The molecule has 0 saturated carbocycles. The number of nitrogen functional groups attached to an aromatic ring is 2. The first-order valence-electron chi connectivity index (χ1n) is 8.34. The lowest BCUT2D eigenvalue weighted by Gasteiger charge is -2.25. The summed E-state index contributed by atoms with van der Waals surface area (Å²) < 4.78 is 0. The Hall–Kier alpha value is -2.64. The first-order valence-corrected chi connectivity index (χ1v) is 9.86. The molecule has 0 atom stereocenters. The fraction of sp³-hybridized carbons (Fsp3) is 0. The molecular weight excluding hydrogens is 470 g/mol. The molecule has 0 aliphatic heterocycles. The zero-order valence-corrected chi connectivity index (χ0v) is 18.2. The maximum absolute atomic E-state index is 13.6. The summed E-state index contributed by atoms with van der Waals surface area (Å²) >= 11 is 25.0. The summed E-state index contributed by atoms with van der Waals surface area (Å²) in [6, 6.07) is 13.1. The summed E-state index contributed by atoms with van der Waals surface area (Å²) in [7, 11) is 0. The average molecular weight is 484 g/mol. The lowest BCUT2D eigenvalue weighted by atomic mass is 10.1. The third-order valence-corrected chi connectivity index (χ3v) is 5.93. The van der Waals surface area contributed by atoms with Crippen LogP contribution in [0.1, 0.15) is 20.7 Å². The van der Waals surface area contributed by atoms with Crippen molar-refractivity contribution >= 4 is 81.0 Å². The lowest BCUT2D eigenvalue weighted by molar-refractivity contribution is 0.0988. The van der Waals surface area contributed by atoms with Gasteiger partial charge in [0, 0.05) is 22.7 Å². The predicted molar refractivity (Wildman–Crippen MR) is 123 cm³/mol. The van der Waals surface area contributed by atoms with Crippen LogP contribution in [-0.2, 0) is 0 Å². The minimum absolute atomic E-state index is 0.188. The van der Waals surface area contributed by atoms with Crippen molar-refractivity contribution in [1.29, 1.82) is 0 Å². The van der Waals surface area contributed by atoms with Crippen LogP contribution in [0.2, 0.25) is 20.1 Å². The lowest BCUT2D eigenvalue weighted by Crippen LogP contribution is -2.27. The molecule has 0 aliphatic carbocycles. The molecular formula is C20H14Cl4N4O2. The minimum atomic E-state index is -0.929. The number of carbonyl (C=O) groups excluding carboxylic acids is 2. The van der Waals surface area contributed by atoms with Crippen molar-refractivity contribution in [3.63, 3.8) is 0 Å². The zero-order chi connectivity index (χ0) is 22.2. The molecule has 6 N–H and O–H groups in total. The molecule has 0 spiro atoms. The summed E-state index contributed by atoms with van der Waals surface area (Å²) in [4.78, 5) is 26.6. The van der Waals surface area contributed by atoms with Crippen molar-refractivity contribution in [2.75, 3.05) is 16.4 Å². The van der Waals surface area contributed by atoms with E-state index in [1.165, 1.54) is 4.90 Å². The Bertz CT molecular complexity index is 1070. The second-order valence-electron chi connectivity index (χ2n) is 6.19. The first-order chi connectivity index (χ1) is 14.1. The maximum atomic E-state index is 13.6. The van der Waals surface area contributed by atoms with Gasteiger partial charge in [-0.15, -0.1) is 0 Å². The van der Waals surface area contributed by atoms with Crippen LogP contribution < -0.4 is 22.1 Å². The predicted octanol–water partition coefficient (Wildman–Crippen LogP) is 5.54. The largest absolute Gasteiger partial charge is 0.399 e. The van der Waals surface area contributed by atoms with Crippen LogP contribution in [0.25, 0.3) is 0 Å². The van der Waals surface area contributed by atoms with Gasteiger partial charge in [0.05, 0.1) is 31.2 Å². The number of carbonyl (C=O) groups is 2. The first kappa shape index (κ1) is 22.1. The topological polar surface area (TPSA) is 115 Å². The van der Waals surface area contributed by atoms with Crippen LogP contribution in [0.5, 0.6) is 0 Å². The Balaban J connectivity index is 2.25. The molecule has 0 radical (unpaired) electrons. The molecule has 0 aromatic heterocycles. The summed E-state index contributed by atoms with van der Waals surface area (Å²) in [6.07, 6.45) is 0. The molecule has 10 heteroatoms. The number of hydrogen-bond donors (Lipinski definition) is 3. The van der Waals surface area contributed by atoms with E-state index < -0.39 is 11.8 Å². The van der Waals surface area contributed by atoms with Crippen LogP contribution >= 0.6 is 46.4 Å². The van der Waals surface area contributed by atoms with Crippen LogP contribution in [-0.4, -0.2) is 11.8 Å². The Morgan fingerprint density at radius 3 is 1.30 bits per heavy atom. The number of nitrogens with two attached hydrogens (primary N) is 3. The van der Waals surface area contributed by atoms with Gasteiger partial charge in [0.1, 0.15) is 0 Å². The van der Waals surface area contributed by atoms with E-state index in [1.54, 1.807) is 48.5 Å². The van der Waals surface area contributed by atoms with Gasteiger partial charge < -0.3 is 17.2 Å². The molecule has 0 bridgehead atoms. The number of nitrogens with zero attached hydrogens (tertiary/aromatic N) is 1. The van der Waals surface area contributed by atoms with Crippen molar-refractivity contribution in [2.45, 2.75) is 0 Å². The van der Waals surface area contributed by atoms with Crippen LogP contribution in [0.4, 0.5) is 22.7 Å². The van der Waals surface area contributed by atoms with Gasteiger partial charge in [0.2, 0.25) is 0 Å². The number of primary amides is 1. The Morgan fingerprint density at radius 2 is 0.967 bits per heavy atom. The average Bonchev–Trinajstić information content (AvgIpc) is 2.69. The van der Waals surface area contributed by atoms with E-state index in [1.807, 2.05) is 0 Å². The second kappa shape index (κ2) is 8.62. The molecule has 6 nitrogen and oxygen atoms in total. The quantitative estimate of drug-likeness (QED) is 0.333. The van der Waals surface area contributed by atoms with Gasteiger partial charge in [-0.1, -0.05) is 46.4 Å². The van der Waals surface area contributed by atoms with Gasteiger partial charge >= 0.3 is 0 Å². The molecule has 2 amide bonds. The second-order valence-corrected chi connectivity index (χ2v) is 7.71. The third kappa shape index (κ3) is 4.00. The van der Waals surface area contributed by atoms with Crippen LogP contribution in [0.15, 0.2) is 48.5 Å². The number of benzene rings is 3. The van der Waals surface area contributed by atoms with Gasteiger partial charge in [-0.05, 0) is 48.5 Å². The van der Waals surface area contributed by atoms with Gasteiger partial charge in [0.25, 0.3) is 11.8 Å². The highest BCUT2D eigenvalue weighted by atomic mass is 35.5. The van der Waals surface area contributed by atoms with E-state index in [2.05, 4.69) is 0 Å². The summed E-state index contributed by atoms with van der Waals surface area (Å²) in [5.41, 5.74) is 18.3. The molecule has 30 heavy (non-hydrogen) atoms. The number of anilines is 4. The van der Waals surface area contributed by atoms with Crippen molar-refractivity contribution in [3.05, 3.63) is 79.7 Å². The number of rotatable bonds is 4. The SMILES string of the molecule is NC(=O)c1c(Cl)c(Cl)c(C(=O)N(c2ccc(N)cc2)c2ccc(N)cc2)c(Cl)c1Cl. The summed E-state index contributed by atoms with van der Waals surface area (Å²) in [5.74, 6) is -1.57. The van der Waals surface area contributed by atoms with Gasteiger partial charge in [-0.2, -0.15) is 0 Å². The molecule has 0 saturated heterocycles. The zero-order valence-electron chi connectivity index (χ0n) is 15.1. The fourth-order valence-corrected chi connectivity index (χ4v) is 3.98. The smallest absolute Gasteiger partial charge is 0.265 e. The number of halogens is 4. The molecule has 3 aromatic carbocycles. The van der Waals surface area contributed by atoms with Crippen molar-refractivity contribution < 1.29 is 9.59 Å². The fourth-order valence-electron chi connectivity index (χ4n) is 2.78. The molecule has 3 aromatic rings. The van der Waals surface area contributed by atoms with E-state index in [-0.39, 0.29) is 31.2 Å². The molecule has 3 rings (SSSR count). The number of hydrogen-bond acceptors (Lipinski definition) is 4. The van der Waals surface area contributed by atoms with E-state index >= 15 is 0 Å². The summed E-state index contributed by atoms with van der Waals surface area (Å²) in [6.45, 7) is 0. The minimum Gasteiger partial charge on any atom is -0.399 e.